The van der Waals surface area contributed by atoms with Crippen LogP contribution < -0.4 is 5.73 Å². The van der Waals surface area contributed by atoms with Gasteiger partial charge in [-0.05, 0) is 35.7 Å². The maximum Gasteiger partial charge on any atom is 0.175 e. The summed E-state index contributed by atoms with van der Waals surface area (Å²) >= 11 is 3.49. The number of rotatable bonds is 4. The van der Waals surface area contributed by atoms with Crippen molar-refractivity contribution in [3.05, 3.63) is 64.1 Å². The molecule has 0 aliphatic carbocycles. The van der Waals surface area contributed by atoms with E-state index < -0.39 is 9.84 Å². The molecule has 0 radical (unpaired) electrons. The van der Waals surface area contributed by atoms with E-state index in [0.717, 1.165) is 15.6 Å². The summed E-state index contributed by atoms with van der Waals surface area (Å²) in [6.07, 6.45) is 1.85. The van der Waals surface area contributed by atoms with Gasteiger partial charge in [-0.2, -0.15) is 0 Å². The number of benzene rings is 2. The Morgan fingerprint density at radius 2 is 1.85 bits per heavy atom. The highest BCUT2D eigenvalue weighted by Gasteiger charge is 2.13. The summed E-state index contributed by atoms with van der Waals surface area (Å²) in [5.74, 6) is 0. The average molecular weight is 354 g/mol. The van der Waals surface area contributed by atoms with E-state index in [1.807, 2.05) is 30.3 Å². The van der Waals surface area contributed by atoms with Gasteiger partial charge in [-0.15, -0.1) is 0 Å². The number of hydrogen-bond donors (Lipinski definition) is 1. The van der Waals surface area contributed by atoms with Crippen molar-refractivity contribution < 1.29 is 8.42 Å². The van der Waals surface area contributed by atoms with E-state index in [2.05, 4.69) is 15.9 Å². The fourth-order valence-electron chi connectivity index (χ4n) is 1.99. The second kappa shape index (κ2) is 6.08. The molecule has 1 atom stereocenters. The highest BCUT2D eigenvalue weighted by Crippen LogP contribution is 2.23. The molecule has 5 heteroatoms. The van der Waals surface area contributed by atoms with Crippen molar-refractivity contribution in [2.45, 2.75) is 17.4 Å². The van der Waals surface area contributed by atoms with Crippen LogP contribution in [0.5, 0.6) is 0 Å². The van der Waals surface area contributed by atoms with Crippen LogP contribution in [-0.4, -0.2) is 14.7 Å². The van der Waals surface area contributed by atoms with Crippen LogP contribution in [0.25, 0.3) is 0 Å². The summed E-state index contributed by atoms with van der Waals surface area (Å²) in [4.78, 5) is 0.303. The molecule has 1 unspecified atom stereocenters. The van der Waals surface area contributed by atoms with Gasteiger partial charge in [0, 0.05) is 16.8 Å². The van der Waals surface area contributed by atoms with Crippen LogP contribution in [0.3, 0.4) is 0 Å². The van der Waals surface area contributed by atoms with Crippen molar-refractivity contribution in [1.29, 1.82) is 0 Å². The third-order valence-electron chi connectivity index (χ3n) is 3.11. The molecule has 20 heavy (non-hydrogen) atoms. The molecule has 0 amide bonds. The maximum atomic E-state index is 11.6. The zero-order valence-corrected chi connectivity index (χ0v) is 13.5. The number of hydrogen-bond acceptors (Lipinski definition) is 3. The minimum atomic E-state index is -3.20. The normalized spacial score (nSPS) is 13.2. The lowest BCUT2D eigenvalue weighted by atomic mass is 10.00. The predicted molar refractivity (Wildman–Crippen MR) is 84.3 cm³/mol. The molecule has 0 saturated carbocycles. The van der Waals surface area contributed by atoms with Crippen LogP contribution in [0, 0.1) is 0 Å². The fourth-order valence-corrected chi connectivity index (χ4v) is 3.12. The molecule has 0 bridgehead atoms. The third kappa shape index (κ3) is 3.69. The van der Waals surface area contributed by atoms with Crippen LogP contribution >= 0.6 is 15.9 Å². The largest absolute Gasteiger partial charge is 0.324 e. The molecule has 0 saturated heterocycles. The van der Waals surface area contributed by atoms with Gasteiger partial charge in [0.2, 0.25) is 0 Å². The lowest BCUT2D eigenvalue weighted by Gasteiger charge is -2.14. The second-order valence-corrected chi connectivity index (χ2v) is 7.62. The Bertz CT molecular complexity index is 713. The molecule has 0 aliphatic heterocycles. The molecule has 0 spiro atoms. The molecule has 0 aliphatic rings. The lowest BCUT2D eigenvalue weighted by Crippen LogP contribution is -2.14. The van der Waals surface area contributed by atoms with Gasteiger partial charge in [0.25, 0.3) is 0 Å². The summed E-state index contributed by atoms with van der Waals surface area (Å²) in [6.45, 7) is 0. The van der Waals surface area contributed by atoms with Gasteiger partial charge in [-0.3, -0.25) is 0 Å². The number of nitrogens with two attached hydrogens (primary N) is 1. The summed E-state index contributed by atoms with van der Waals surface area (Å²) in [5, 5.41) is 0. The summed E-state index contributed by atoms with van der Waals surface area (Å²) < 4.78 is 24.2. The van der Waals surface area contributed by atoms with Crippen molar-refractivity contribution in [1.82, 2.24) is 0 Å². The maximum absolute atomic E-state index is 11.6. The molecule has 2 N–H and O–H groups in total. The van der Waals surface area contributed by atoms with Crippen molar-refractivity contribution in [2.75, 3.05) is 6.26 Å². The lowest BCUT2D eigenvalue weighted by molar-refractivity contribution is 0.601. The van der Waals surface area contributed by atoms with E-state index >= 15 is 0 Å². The SMILES string of the molecule is CS(=O)(=O)c1cccc(C(N)Cc2ccccc2Br)c1. The van der Waals surface area contributed by atoms with Crippen molar-refractivity contribution in [3.63, 3.8) is 0 Å². The molecule has 0 fully saturated rings. The zero-order chi connectivity index (χ0) is 14.8. The molecule has 2 rings (SSSR count). The average Bonchev–Trinajstić information content (AvgIpc) is 2.40. The standard InChI is InChI=1S/C15H16BrNO2S/c1-20(18,19)13-7-4-6-12(9-13)15(17)10-11-5-2-3-8-14(11)16/h2-9,15H,10,17H2,1H3. The predicted octanol–water partition coefficient (Wildman–Crippen LogP) is 3.10. The first-order chi connectivity index (χ1) is 9.38. The number of halogens is 1. The first kappa shape index (κ1) is 15.2. The Kier molecular flexibility index (Phi) is 4.62. The van der Waals surface area contributed by atoms with Gasteiger partial charge >= 0.3 is 0 Å². The smallest absolute Gasteiger partial charge is 0.175 e. The van der Waals surface area contributed by atoms with Crippen LogP contribution in [0.4, 0.5) is 0 Å². The van der Waals surface area contributed by atoms with Crippen molar-refractivity contribution in [3.8, 4) is 0 Å². The Morgan fingerprint density at radius 3 is 2.50 bits per heavy atom. The topological polar surface area (TPSA) is 60.2 Å². The van der Waals surface area contributed by atoms with Crippen LogP contribution in [-0.2, 0) is 16.3 Å². The highest BCUT2D eigenvalue weighted by molar-refractivity contribution is 9.10. The molecule has 106 valence electrons. The van der Waals surface area contributed by atoms with Gasteiger partial charge in [0.15, 0.2) is 9.84 Å². The van der Waals surface area contributed by atoms with Gasteiger partial charge in [-0.1, -0.05) is 46.3 Å². The van der Waals surface area contributed by atoms with Gasteiger partial charge in [-0.25, -0.2) is 8.42 Å². The summed E-state index contributed by atoms with van der Waals surface area (Å²) in [7, 11) is -3.20. The van der Waals surface area contributed by atoms with Gasteiger partial charge < -0.3 is 5.73 Å². The van der Waals surface area contributed by atoms with E-state index in [9.17, 15) is 8.42 Å². The molecular formula is C15H16BrNO2S. The van der Waals surface area contributed by atoms with Crippen LogP contribution in [0.15, 0.2) is 57.9 Å². The van der Waals surface area contributed by atoms with Crippen LogP contribution in [0.1, 0.15) is 17.2 Å². The monoisotopic (exact) mass is 353 g/mol. The Labute approximate surface area is 127 Å². The van der Waals surface area contributed by atoms with Crippen molar-refractivity contribution in [2.24, 2.45) is 5.73 Å². The molecule has 2 aromatic rings. The summed E-state index contributed by atoms with van der Waals surface area (Å²) in [5.41, 5.74) is 8.12. The first-order valence-corrected chi connectivity index (χ1v) is 8.85. The Hall–Kier alpha value is -1.17. The Balaban J connectivity index is 2.26. The first-order valence-electron chi connectivity index (χ1n) is 6.17. The molecule has 0 heterocycles. The fraction of sp³-hybridized carbons (Fsp3) is 0.200. The van der Waals surface area contributed by atoms with E-state index in [4.69, 9.17) is 5.73 Å². The minimum absolute atomic E-state index is 0.240. The van der Waals surface area contributed by atoms with E-state index in [0.29, 0.717) is 11.3 Å². The second-order valence-electron chi connectivity index (χ2n) is 4.75. The summed E-state index contributed by atoms with van der Waals surface area (Å²) in [6, 6.07) is 14.5. The van der Waals surface area contributed by atoms with Crippen LogP contribution in [0.2, 0.25) is 0 Å². The quantitative estimate of drug-likeness (QED) is 0.918. The Morgan fingerprint density at radius 1 is 1.15 bits per heavy atom. The van der Waals surface area contributed by atoms with E-state index in [-0.39, 0.29) is 6.04 Å². The van der Waals surface area contributed by atoms with E-state index in [1.54, 1.807) is 18.2 Å². The van der Waals surface area contributed by atoms with E-state index in [1.165, 1.54) is 6.26 Å². The van der Waals surface area contributed by atoms with Gasteiger partial charge in [0.05, 0.1) is 4.90 Å². The molecule has 3 nitrogen and oxygen atoms in total. The van der Waals surface area contributed by atoms with Gasteiger partial charge in [0.1, 0.15) is 0 Å². The molecule has 2 aromatic carbocycles. The highest BCUT2D eigenvalue weighted by atomic mass is 79.9. The number of sulfone groups is 1. The molecule has 0 aromatic heterocycles. The minimum Gasteiger partial charge on any atom is -0.324 e. The van der Waals surface area contributed by atoms with Crippen molar-refractivity contribution >= 4 is 25.8 Å². The zero-order valence-electron chi connectivity index (χ0n) is 11.1. The molecular weight excluding hydrogens is 338 g/mol. The third-order valence-corrected chi connectivity index (χ3v) is 5.00.